The van der Waals surface area contributed by atoms with Crippen molar-refractivity contribution in [1.82, 2.24) is 15.3 Å². The van der Waals surface area contributed by atoms with Crippen LogP contribution in [0.25, 0.3) is 0 Å². The Labute approximate surface area is 115 Å². The van der Waals surface area contributed by atoms with Crippen molar-refractivity contribution in [3.63, 3.8) is 0 Å². The Morgan fingerprint density at radius 1 is 1.42 bits per heavy atom. The van der Waals surface area contributed by atoms with Crippen molar-refractivity contribution in [3.05, 3.63) is 30.7 Å². The number of aromatic nitrogens is 2. The first-order chi connectivity index (χ1) is 9.00. The monoisotopic (exact) mass is 260 g/mol. The van der Waals surface area contributed by atoms with Crippen LogP contribution in [0.3, 0.4) is 0 Å². The Bertz CT molecular complexity index is 432. The van der Waals surface area contributed by atoms with Crippen LogP contribution in [0, 0.1) is 0 Å². The molecule has 0 spiro atoms. The lowest BCUT2D eigenvalue weighted by molar-refractivity contribution is 0.515. The SMILES string of the molecule is C=CCN(c1cncc(CNC2CC2)n1)C(C)(C)C. The Hall–Kier alpha value is -1.42. The number of rotatable bonds is 6. The lowest BCUT2D eigenvalue weighted by Crippen LogP contribution is -2.42. The molecule has 1 aromatic heterocycles. The fraction of sp³-hybridized carbons (Fsp3) is 0.600. The minimum Gasteiger partial charge on any atom is -0.347 e. The molecule has 0 atom stereocenters. The van der Waals surface area contributed by atoms with Crippen LogP contribution in [0.2, 0.25) is 0 Å². The second-order valence-electron chi connectivity index (χ2n) is 6.09. The highest BCUT2D eigenvalue weighted by Crippen LogP contribution is 2.22. The highest BCUT2D eigenvalue weighted by Gasteiger charge is 2.23. The zero-order valence-electron chi connectivity index (χ0n) is 12.2. The normalized spacial score (nSPS) is 15.3. The van der Waals surface area contributed by atoms with Crippen LogP contribution in [0.4, 0.5) is 5.82 Å². The zero-order valence-corrected chi connectivity index (χ0v) is 12.2. The van der Waals surface area contributed by atoms with Crippen molar-refractivity contribution >= 4 is 5.82 Å². The van der Waals surface area contributed by atoms with Gasteiger partial charge in [0.2, 0.25) is 0 Å². The van der Waals surface area contributed by atoms with Gasteiger partial charge in [-0.2, -0.15) is 0 Å². The molecular weight excluding hydrogens is 236 g/mol. The number of nitrogens with zero attached hydrogens (tertiary/aromatic N) is 3. The smallest absolute Gasteiger partial charge is 0.148 e. The molecule has 1 aliphatic rings. The molecule has 0 unspecified atom stereocenters. The molecule has 1 saturated carbocycles. The minimum absolute atomic E-state index is 0.00537. The molecule has 1 fully saturated rings. The van der Waals surface area contributed by atoms with Crippen molar-refractivity contribution in [2.75, 3.05) is 11.4 Å². The van der Waals surface area contributed by atoms with Crippen LogP contribution < -0.4 is 10.2 Å². The molecule has 19 heavy (non-hydrogen) atoms. The standard InChI is InChI=1S/C15H24N4/c1-5-8-19(15(2,3)4)14-11-16-9-13(18-14)10-17-12-6-7-12/h5,9,11-12,17H,1,6-8,10H2,2-4H3. The number of hydrogen-bond donors (Lipinski definition) is 1. The maximum absolute atomic E-state index is 4.71. The second-order valence-corrected chi connectivity index (χ2v) is 6.09. The molecule has 0 aliphatic heterocycles. The summed E-state index contributed by atoms with van der Waals surface area (Å²) in [7, 11) is 0. The Kier molecular flexibility index (Phi) is 4.20. The van der Waals surface area contributed by atoms with E-state index >= 15 is 0 Å². The highest BCUT2D eigenvalue weighted by molar-refractivity contribution is 5.40. The molecule has 4 nitrogen and oxygen atoms in total. The van der Waals surface area contributed by atoms with E-state index < -0.39 is 0 Å². The minimum atomic E-state index is 0.00537. The summed E-state index contributed by atoms with van der Waals surface area (Å²) in [5, 5.41) is 3.47. The maximum Gasteiger partial charge on any atom is 0.148 e. The van der Waals surface area contributed by atoms with Gasteiger partial charge >= 0.3 is 0 Å². The van der Waals surface area contributed by atoms with E-state index in [1.165, 1.54) is 12.8 Å². The molecular formula is C15H24N4. The first-order valence-electron chi connectivity index (χ1n) is 6.93. The molecule has 1 heterocycles. The summed E-state index contributed by atoms with van der Waals surface area (Å²) in [4.78, 5) is 11.2. The zero-order chi connectivity index (χ0) is 13.9. The van der Waals surface area contributed by atoms with Gasteiger partial charge in [0.25, 0.3) is 0 Å². The van der Waals surface area contributed by atoms with E-state index in [2.05, 4.69) is 42.6 Å². The third-order valence-electron chi connectivity index (χ3n) is 3.22. The first kappa shape index (κ1) is 14.0. The fourth-order valence-electron chi connectivity index (χ4n) is 1.99. The van der Waals surface area contributed by atoms with Crippen LogP contribution in [-0.4, -0.2) is 28.1 Å². The van der Waals surface area contributed by atoms with Crippen molar-refractivity contribution in [2.24, 2.45) is 0 Å². The number of anilines is 1. The van der Waals surface area contributed by atoms with E-state index in [-0.39, 0.29) is 5.54 Å². The number of nitrogens with one attached hydrogen (secondary N) is 1. The summed E-state index contributed by atoms with van der Waals surface area (Å²) < 4.78 is 0. The maximum atomic E-state index is 4.71. The average molecular weight is 260 g/mol. The predicted molar refractivity (Wildman–Crippen MR) is 79.2 cm³/mol. The topological polar surface area (TPSA) is 41.1 Å². The highest BCUT2D eigenvalue weighted by atomic mass is 15.2. The Balaban J connectivity index is 2.11. The average Bonchev–Trinajstić information content (AvgIpc) is 3.16. The summed E-state index contributed by atoms with van der Waals surface area (Å²) in [5.74, 6) is 0.919. The van der Waals surface area contributed by atoms with Gasteiger partial charge in [-0.3, -0.25) is 4.98 Å². The molecule has 1 aliphatic carbocycles. The summed E-state index contributed by atoms with van der Waals surface area (Å²) in [5.41, 5.74) is 1.01. The Morgan fingerprint density at radius 2 is 2.16 bits per heavy atom. The van der Waals surface area contributed by atoms with E-state index in [0.717, 1.165) is 24.6 Å². The van der Waals surface area contributed by atoms with Crippen LogP contribution in [0.1, 0.15) is 39.3 Å². The molecule has 1 N–H and O–H groups in total. The van der Waals surface area contributed by atoms with E-state index in [0.29, 0.717) is 6.04 Å². The third-order valence-corrected chi connectivity index (χ3v) is 3.22. The molecule has 0 amide bonds. The van der Waals surface area contributed by atoms with Gasteiger partial charge in [0.15, 0.2) is 0 Å². The van der Waals surface area contributed by atoms with Gasteiger partial charge in [0.05, 0.1) is 11.9 Å². The van der Waals surface area contributed by atoms with Gasteiger partial charge in [-0.25, -0.2) is 4.98 Å². The van der Waals surface area contributed by atoms with Gasteiger partial charge in [-0.15, -0.1) is 6.58 Å². The number of hydrogen-bond acceptors (Lipinski definition) is 4. The molecule has 0 aromatic carbocycles. The van der Waals surface area contributed by atoms with Crippen LogP contribution in [0.5, 0.6) is 0 Å². The van der Waals surface area contributed by atoms with Gasteiger partial charge in [0.1, 0.15) is 5.82 Å². The van der Waals surface area contributed by atoms with Crippen LogP contribution in [-0.2, 0) is 6.54 Å². The summed E-state index contributed by atoms with van der Waals surface area (Å²) in [6, 6.07) is 0.692. The summed E-state index contributed by atoms with van der Waals surface area (Å²) in [6.07, 6.45) is 8.15. The molecule has 0 bridgehead atoms. The lowest BCUT2D eigenvalue weighted by atomic mass is 10.1. The molecule has 1 aromatic rings. The fourth-order valence-corrected chi connectivity index (χ4v) is 1.99. The van der Waals surface area contributed by atoms with E-state index in [9.17, 15) is 0 Å². The van der Waals surface area contributed by atoms with Crippen LogP contribution in [0.15, 0.2) is 25.0 Å². The van der Waals surface area contributed by atoms with Gasteiger partial charge in [-0.1, -0.05) is 6.08 Å². The third kappa shape index (κ3) is 4.03. The largest absolute Gasteiger partial charge is 0.347 e. The van der Waals surface area contributed by atoms with Gasteiger partial charge in [0, 0.05) is 30.9 Å². The molecule has 0 radical (unpaired) electrons. The van der Waals surface area contributed by atoms with Crippen molar-refractivity contribution < 1.29 is 0 Å². The summed E-state index contributed by atoms with van der Waals surface area (Å²) in [6.45, 7) is 11.9. The Morgan fingerprint density at radius 3 is 2.74 bits per heavy atom. The second kappa shape index (κ2) is 5.70. The van der Waals surface area contributed by atoms with E-state index in [4.69, 9.17) is 4.98 Å². The van der Waals surface area contributed by atoms with E-state index in [1.807, 2.05) is 18.5 Å². The van der Waals surface area contributed by atoms with Gasteiger partial charge in [-0.05, 0) is 33.6 Å². The molecule has 104 valence electrons. The molecule has 0 saturated heterocycles. The van der Waals surface area contributed by atoms with Gasteiger partial charge < -0.3 is 10.2 Å². The molecule has 4 heteroatoms. The molecule has 2 rings (SSSR count). The van der Waals surface area contributed by atoms with Crippen molar-refractivity contribution in [3.8, 4) is 0 Å². The lowest BCUT2D eigenvalue weighted by Gasteiger charge is -2.35. The summed E-state index contributed by atoms with van der Waals surface area (Å²) >= 11 is 0. The van der Waals surface area contributed by atoms with Crippen molar-refractivity contribution in [2.45, 2.75) is 51.7 Å². The van der Waals surface area contributed by atoms with Crippen LogP contribution >= 0.6 is 0 Å². The predicted octanol–water partition coefficient (Wildman–Crippen LogP) is 2.52. The van der Waals surface area contributed by atoms with E-state index in [1.54, 1.807) is 0 Å². The van der Waals surface area contributed by atoms with Crippen molar-refractivity contribution in [1.29, 1.82) is 0 Å². The first-order valence-corrected chi connectivity index (χ1v) is 6.93. The quantitative estimate of drug-likeness (QED) is 0.798.